The molecule has 0 saturated heterocycles. The average molecular weight is 245 g/mol. The Kier molecular flexibility index (Phi) is 2.44. The number of anilines is 1. The minimum Gasteiger partial charge on any atom is -0.382 e. The maximum absolute atomic E-state index is 12.0. The lowest BCUT2D eigenvalue weighted by molar-refractivity contribution is -0.377. The number of hydrogen-bond donors (Lipinski definition) is 1. The molecule has 0 fully saturated rings. The number of nitrogens with one attached hydrogen (secondary N) is 1. The Bertz CT molecular complexity index is 654. The van der Waals surface area contributed by atoms with E-state index in [1.165, 1.54) is 0 Å². The van der Waals surface area contributed by atoms with Crippen LogP contribution in [0.3, 0.4) is 0 Å². The van der Waals surface area contributed by atoms with Crippen LogP contribution in [0.15, 0.2) is 39.5 Å². The molecule has 0 amide bonds. The van der Waals surface area contributed by atoms with Gasteiger partial charge in [0.1, 0.15) is 0 Å². The molecule has 0 spiro atoms. The van der Waals surface area contributed by atoms with Gasteiger partial charge in [-0.2, -0.15) is 0 Å². The third-order valence-corrected chi connectivity index (χ3v) is 2.96. The maximum Gasteiger partial charge on any atom is 0.296 e. The fraction of sp³-hybridized carbons (Fsp3) is 0.273. The molecule has 0 bridgehead atoms. The van der Waals surface area contributed by atoms with E-state index in [0.717, 1.165) is 13.0 Å². The second-order valence-electron chi connectivity index (χ2n) is 4.10. The predicted molar refractivity (Wildman–Crippen MR) is 64.9 cm³/mol. The van der Waals surface area contributed by atoms with E-state index >= 15 is 0 Å². The van der Waals surface area contributed by atoms with E-state index in [-0.39, 0.29) is 11.2 Å². The van der Waals surface area contributed by atoms with E-state index in [4.69, 9.17) is 5.73 Å². The average Bonchev–Trinajstić information content (AvgIpc) is 2.95. The molecule has 1 aliphatic heterocycles. The lowest BCUT2D eigenvalue weighted by Gasteiger charge is -1.98. The number of nitrogens with two attached hydrogens (primary N) is 1. The van der Waals surface area contributed by atoms with Gasteiger partial charge in [0, 0.05) is 25.2 Å². The number of H-pyrrole nitrogens is 1. The van der Waals surface area contributed by atoms with Crippen molar-refractivity contribution >= 4 is 17.2 Å². The van der Waals surface area contributed by atoms with Gasteiger partial charge in [-0.25, -0.2) is 9.67 Å². The highest BCUT2D eigenvalue weighted by atomic mass is 16.1. The SMILES string of the molecule is Nc1c(N=Nc2cc[nH+]cc2)c(=O)n2n1CCC2. The van der Waals surface area contributed by atoms with Crippen molar-refractivity contribution in [3.05, 3.63) is 34.9 Å². The van der Waals surface area contributed by atoms with Gasteiger partial charge >= 0.3 is 0 Å². The summed E-state index contributed by atoms with van der Waals surface area (Å²) in [5, 5.41) is 7.98. The Morgan fingerprint density at radius 2 is 1.89 bits per heavy atom. The Labute approximate surface area is 103 Å². The van der Waals surface area contributed by atoms with Crippen LogP contribution in [0.4, 0.5) is 17.2 Å². The van der Waals surface area contributed by atoms with E-state index < -0.39 is 0 Å². The molecule has 0 saturated carbocycles. The summed E-state index contributed by atoms with van der Waals surface area (Å²) in [5.74, 6) is 0.392. The first-order valence-corrected chi connectivity index (χ1v) is 5.74. The van der Waals surface area contributed by atoms with Crippen LogP contribution in [0.25, 0.3) is 0 Å². The van der Waals surface area contributed by atoms with Crippen LogP contribution in [-0.4, -0.2) is 9.36 Å². The summed E-state index contributed by atoms with van der Waals surface area (Å²) in [6.45, 7) is 1.45. The zero-order chi connectivity index (χ0) is 12.5. The summed E-state index contributed by atoms with van der Waals surface area (Å²) >= 11 is 0. The van der Waals surface area contributed by atoms with Gasteiger partial charge in [-0.3, -0.25) is 9.48 Å². The van der Waals surface area contributed by atoms with Crippen LogP contribution < -0.4 is 16.3 Å². The Balaban J connectivity index is 2.00. The molecule has 2 aromatic heterocycles. The first-order chi connectivity index (χ1) is 8.77. The van der Waals surface area contributed by atoms with Crippen LogP contribution in [0.1, 0.15) is 6.42 Å². The number of nitrogen functional groups attached to an aromatic ring is 1. The zero-order valence-corrected chi connectivity index (χ0v) is 9.71. The van der Waals surface area contributed by atoms with Gasteiger partial charge < -0.3 is 5.73 Å². The number of aromatic amines is 1. The number of azo groups is 1. The second kappa shape index (κ2) is 4.10. The standard InChI is InChI=1S/C11H12N6O/c12-10-9(11(18)17-7-1-6-16(10)17)15-14-8-2-4-13-5-3-8/h2-5H,1,6-7,12H2/p+1. The van der Waals surface area contributed by atoms with Crippen LogP contribution in [0, 0.1) is 0 Å². The summed E-state index contributed by atoms with van der Waals surface area (Å²) in [4.78, 5) is 14.9. The molecule has 92 valence electrons. The molecule has 0 aliphatic carbocycles. The Morgan fingerprint density at radius 3 is 2.61 bits per heavy atom. The first kappa shape index (κ1) is 10.7. The lowest BCUT2D eigenvalue weighted by atomic mass is 10.4. The van der Waals surface area contributed by atoms with Crippen molar-refractivity contribution in [1.29, 1.82) is 0 Å². The largest absolute Gasteiger partial charge is 0.382 e. The molecule has 3 rings (SSSR count). The van der Waals surface area contributed by atoms with Crippen molar-refractivity contribution in [3.63, 3.8) is 0 Å². The van der Waals surface area contributed by atoms with E-state index in [2.05, 4.69) is 15.2 Å². The van der Waals surface area contributed by atoms with E-state index in [1.807, 2.05) is 0 Å². The molecule has 1 aliphatic rings. The van der Waals surface area contributed by atoms with E-state index in [9.17, 15) is 4.79 Å². The minimum absolute atomic E-state index is 0.170. The second-order valence-corrected chi connectivity index (χ2v) is 4.10. The summed E-state index contributed by atoms with van der Waals surface area (Å²) in [6, 6.07) is 3.53. The third-order valence-electron chi connectivity index (χ3n) is 2.96. The molecular formula is C11H13N6O+. The van der Waals surface area contributed by atoms with Gasteiger partial charge in [-0.05, 0) is 6.42 Å². The van der Waals surface area contributed by atoms with Crippen LogP contribution >= 0.6 is 0 Å². The quantitative estimate of drug-likeness (QED) is 0.795. The highest BCUT2D eigenvalue weighted by molar-refractivity contribution is 5.57. The van der Waals surface area contributed by atoms with Crippen molar-refractivity contribution in [2.24, 2.45) is 10.2 Å². The normalized spacial score (nSPS) is 14.2. The van der Waals surface area contributed by atoms with Gasteiger partial charge in [0.05, 0.1) is 5.69 Å². The molecule has 0 atom stereocenters. The van der Waals surface area contributed by atoms with Gasteiger partial charge in [-0.1, -0.05) is 0 Å². The molecule has 0 radical (unpaired) electrons. The Hall–Kier alpha value is -2.44. The van der Waals surface area contributed by atoms with E-state index in [1.54, 1.807) is 33.9 Å². The van der Waals surface area contributed by atoms with Crippen molar-refractivity contribution in [2.45, 2.75) is 19.5 Å². The lowest BCUT2D eigenvalue weighted by Crippen LogP contribution is -2.16. The molecule has 2 aromatic rings. The minimum atomic E-state index is -0.170. The predicted octanol–water partition coefficient (Wildman–Crippen LogP) is 0.865. The van der Waals surface area contributed by atoms with E-state index in [0.29, 0.717) is 18.1 Å². The first-order valence-electron chi connectivity index (χ1n) is 5.74. The number of hydrogen-bond acceptors (Lipinski definition) is 4. The molecular weight excluding hydrogens is 232 g/mol. The monoisotopic (exact) mass is 245 g/mol. The van der Waals surface area contributed by atoms with Crippen LogP contribution in [0.5, 0.6) is 0 Å². The van der Waals surface area contributed by atoms with Crippen LogP contribution in [0.2, 0.25) is 0 Å². The number of nitrogens with zero attached hydrogens (tertiary/aromatic N) is 4. The van der Waals surface area contributed by atoms with Gasteiger partial charge in [0.25, 0.3) is 5.56 Å². The van der Waals surface area contributed by atoms with Crippen molar-refractivity contribution in [3.8, 4) is 0 Å². The summed E-state index contributed by atoms with van der Waals surface area (Å²) in [6.07, 6.45) is 4.42. The van der Waals surface area contributed by atoms with Crippen molar-refractivity contribution in [1.82, 2.24) is 9.36 Å². The summed E-state index contributed by atoms with van der Waals surface area (Å²) in [5.41, 5.74) is 6.63. The number of rotatable bonds is 2. The molecule has 18 heavy (non-hydrogen) atoms. The number of aromatic nitrogens is 3. The van der Waals surface area contributed by atoms with Gasteiger partial charge in [0.15, 0.2) is 23.9 Å². The number of fused-ring (bicyclic) bond motifs is 1. The van der Waals surface area contributed by atoms with Crippen LogP contribution in [-0.2, 0) is 13.1 Å². The maximum atomic E-state index is 12.0. The fourth-order valence-corrected chi connectivity index (χ4v) is 2.07. The topological polar surface area (TPSA) is 91.8 Å². The smallest absolute Gasteiger partial charge is 0.296 e. The number of pyridine rings is 1. The fourth-order valence-electron chi connectivity index (χ4n) is 2.07. The van der Waals surface area contributed by atoms with Crippen molar-refractivity contribution in [2.75, 3.05) is 5.73 Å². The molecule has 0 aromatic carbocycles. The molecule has 3 heterocycles. The molecule has 7 nitrogen and oxygen atoms in total. The highest BCUT2D eigenvalue weighted by Crippen LogP contribution is 2.23. The molecule has 0 unspecified atom stereocenters. The Morgan fingerprint density at radius 1 is 1.17 bits per heavy atom. The highest BCUT2D eigenvalue weighted by Gasteiger charge is 2.21. The zero-order valence-electron chi connectivity index (χ0n) is 9.71. The van der Waals surface area contributed by atoms with Gasteiger partial charge in [-0.15, -0.1) is 10.2 Å². The summed E-state index contributed by atoms with van der Waals surface area (Å²) < 4.78 is 3.37. The molecule has 3 N–H and O–H groups in total. The molecule has 7 heteroatoms. The summed E-state index contributed by atoms with van der Waals surface area (Å²) in [7, 11) is 0. The van der Waals surface area contributed by atoms with Gasteiger partial charge in [0.2, 0.25) is 0 Å². The van der Waals surface area contributed by atoms with Crippen molar-refractivity contribution < 1.29 is 4.98 Å². The third kappa shape index (κ3) is 1.60.